The van der Waals surface area contributed by atoms with Gasteiger partial charge in [0, 0.05) is 17.3 Å². The first kappa shape index (κ1) is 22.4. The highest BCUT2D eigenvalue weighted by Crippen LogP contribution is 2.22. The highest BCUT2D eigenvalue weighted by Gasteiger charge is 2.38. The molecule has 30 heavy (non-hydrogen) atoms. The fraction of sp³-hybridized carbons (Fsp3) is 0.263. The van der Waals surface area contributed by atoms with Crippen molar-refractivity contribution in [1.29, 1.82) is 0 Å². The molecule has 0 saturated carbocycles. The normalized spacial score (nSPS) is 19.1. The minimum atomic E-state index is -3.89. The Labute approximate surface area is 183 Å². The summed E-state index contributed by atoms with van der Waals surface area (Å²) in [5.41, 5.74) is 0.0413. The Morgan fingerprint density at radius 3 is 2.63 bits per heavy atom. The molecule has 0 aromatic heterocycles. The Morgan fingerprint density at radius 1 is 1.27 bits per heavy atom. The molecule has 3 rings (SSSR count). The van der Waals surface area contributed by atoms with Crippen LogP contribution < -0.4 is 20.7 Å². The summed E-state index contributed by atoms with van der Waals surface area (Å²) in [4.78, 5) is 24.5. The Balaban J connectivity index is 1.52. The predicted octanol–water partition coefficient (Wildman–Crippen LogP) is 1.87. The van der Waals surface area contributed by atoms with Crippen LogP contribution in [-0.4, -0.2) is 50.4 Å². The fourth-order valence-corrected chi connectivity index (χ4v) is 5.38. The van der Waals surface area contributed by atoms with Gasteiger partial charge in [0.25, 0.3) is 0 Å². The second-order valence-electron chi connectivity index (χ2n) is 6.38. The maximum absolute atomic E-state index is 12.7. The number of thioether (sulfide) groups is 1. The quantitative estimate of drug-likeness (QED) is 0.567. The molecule has 1 aliphatic rings. The molecule has 2 unspecified atom stereocenters. The molecular weight excluding hydrogens is 450 g/mol. The Hall–Kier alpha value is -2.27. The zero-order valence-corrected chi connectivity index (χ0v) is 18.3. The van der Waals surface area contributed by atoms with Crippen LogP contribution in [-0.2, 0) is 19.4 Å². The lowest BCUT2D eigenvalue weighted by Gasteiger charge is -2.29. The van der Waals surface area contributed by atoms with Gasteiger partial charge in [-0.15, -0.1) is 11.8 Å². The van der Waals surface area contributed by atoms with Gasteiger partial charge in [0.1, 0.15) is 11.2 Å². The molecule has 2 atom stereocenters. The van der Waals surface area contributed by atoms with Crippen LogP contribution in [0.2, 0.25) is 5.02 Å². The van der Waals surface area contributed by atoms with Gasteiger partial charge in [-0.1, -0.05) is 17.7 Å². The highest BCUT2D eigenvalue weighted by molar-refractivity contribution is 8.00. The van der Waals surface area contributed by atoms with E-state index in [0.29, 0.717) is 11.4 Å². The number of hydrogen-bond acceptors (Lipinski definition) is 7. The number of carbonyl (C=O) groups excluding carboxylic acids is 2. The van der Waals surface area contributed by atoms with E-state index in [1.807, 2.05) is 0 Å². The topological polar surface area (TPSA) is 114 Å². The van der Waals surface area contributed by atoms with E-state index < -0.39 is 26.5 Å². The summed E-state index contributed by atoms with van der Waals surface area (Å²) < 4.78 is 30.5. The van der Waals surface area contributed by atoms with Crippen molar-refractivity contribution in [2.45, 2.75) is 15.6 Å². The SMILES string of the molecule is COc1ccc(NC(=O)CSC2NCC(S(=O)(=O)c3cccc(Cl)c3)C(=O)N2)cc1. The molecule has 2 amide bonds. The van der Waals surface area contributed by atoms with Gasteiger partial charge in [0.05, 0.1) is 17.8 Å². The van der Waals surface area contributed by atoms with E-state index in [4.69, 9.17) is 16.3 Å². The minimum Gasteiger partial charge on any atom is -0.497 e. The summed E-state index contributed by atoms with van der Waals surface area (Å²) >= 11 is 7.02. The van der Waals surface area contributed by atoms with E-state index in [1.165, 1.54) is 18.2 Å². The number of amides is 2. The lowest BCUT2D eigenvalue weighted by Crippen LogP contribution is -2.59. The first-order chi connectivity index (χ1) is 14.3. The maximum Gasteiger partial charge on any atom is 0.241 e. The van der Waals surface area contributed by atoms with Crippen molar-refractivity contribution in [2.24, 2.45) is 0 Å². The molecule has 2 aromatic carbocycles. The van der Waals surface area contributed by atoms with Crippen LogP contribution in [0.15, 0.2) is 53.4 Å². The van der Waals surface area contributed by atoms with Crippen LogP contribution in [0, 0.1) is 0 Å². The average molecular weight is 470 g/mol. The molecule has 0 aliphatic carbocycles. The van der Waals surface area contributed by atoms with Crippen molar-refractivity contribution in [1.82, 2.24) is 10.6 Å². The highest BCUT2D eigenvalue weighted by atomic mass is 35.5. The second kappa shape index (κ2) is 9.69. The average Bonchev–Trinajstić information content (AvgIpc) is 2.72. The van der Waals surface area contributed by atoms with Crippen molar-refractivity contribution in [2.75, 3.05) is 24.7 Å². The van der Waals surface area contributed by atoms with Crippen LogP contribution in [0.3, 0.4) is 0 Å². The molecule has 1 saturated heterocycles. The Bertz CT molecular complexity index is 1030. The Kier molecular flexibility index (Phi) is 7.24. The van der Waals surface area contributed by atoms with Gasteiger partial charge in [0.2, 0.25) is 11.8 Å². The number of sulfone groups is 1. The standard InChI is InChI=1S/C19H20ClN3O5S2/c1-28-14-7-5-13(6-8-14)22-17(24)11-29-19-21-10-16(18(25)23-19)30(26,27)15-4-2-3-12(20)9-15/h2-9,16,19,21H,10-11H2,1H3,(H,22,24)(H,23,25). The van der Waals surface area contributed by atoms with Crippen molar-refractivity contribution >= 4 is 50.7 Å². The molecular formula is C19H20ClN3O5S2. The zero-order valence-electron chi connectivity index (χ0n) is 15.9. The summed E-state index contributed by atoms with van der Waals surface area (Å²) in [5, 5.41) is 7.28. The number of halogens is 1. The molecule has 1 heterocycles. The number of carbonyl (C=O) groups is 2. The third kappa shape index (κ3) is 5.45. The van der Waals surface area contributed by atoms with Crippen molar-refractivity contribution in [3.05, 3.63) is 53.6 Å². The lowest BCUT2D eigenvalue weighted by atomic mass is 10.3. The minimum absolute atomic E-state index is 0.0121. The maximum atomic E-state index is 12.7. The summed E-state index contributed by atoms with van der Waals surface area (Å²) in [5.74, 6) is -0.133. The van der Waals surface area contributed by atoms with Crippen LogP contribution in [0.25, 0.3) is 0 Å². The van der Waals surface area contributed by atoms with Gasteiger partial charge in [-0.25, -0.2) is 8.42 Å². The number of hydrogen-bond donors (Lipinski definition) is 3. The number of benzene rings is 2. The van der Waals surface area contributed by atoms with Crippen LogP contribution in [0.1, 0.15) is 0 Å². The van der Waals surface area contributed by atoms with Crippen molar-refractivity contribution in [3.63, 3.8) is 0 Å². The largest absolute Gasteiger partial charge is 0.497 e. The van der Waals surface area contributed by atoms with Crippen molar-refractivity contribution in [3.8, 4) is 5.75 Å². The molecule has 1 aliphatic heterocycles. The van der Waals surface area contributed by atoms with Gasteiger partial charge in [-0.3, -0.25) is 14.9 Å². The van der Waals surface area contributed by atoms with Crippen LogP contribution in [0.4, 0.5) is 5.69 Å². The van der Waals surface area contributed by atoms with Gasteiger partial charge >= 0.3 is 0 Å². The summed E-state index contributed by atoms with van der Waals surface area (Å²) in [6.45, 7) is -0.0710. The summed E-state index contributed by atoms with van der Waals surface area (Å²) in [7, 11) is -2.34. The van der Waals surface area contributed by atoms with Crippen LogP contribution in [0.5, 0.6) is 5.75 Å². The molecule has 0 spiro atoms. The fourth-order valence-electron chi connectivity index (χ4n) is 2.77. The molecule has 2 aromatic rings. The number of ether oxygens (including phenoxy) is 1. The Morgan fingerprint density at radius 2 is 2.00 bits per heavy atom. The molecule has 0 bridgehead atoms. The molecule has 3 N–H and O–H groups in total. The van der Waals surface area contributed by atoms with Crippen molar-refractivity contribution < 1.29 is 22.7 Å². The number of nitrogens with one attached hydrogen (secondary N) is 3. The smallest absolute Gasteiger partial charge is 0.241 e. The van der Waals surface area contributed by atoms with E-state index in [2.05, 4.69) is 16.0 Å². The molecule has 1 fully saturated rings. The lowest BCUT2D eigenvalue weighted by molar-refractivity contribution is -0.122. The third-order valence-corrected chi connectivity index (χ3v) is 7.63. The van der Waals surface area contributed by atoms with E-state index >= 15 is 0 Å². The zero-order chi connectivity index (χ0) is 21.7. The molecule has 11 heteroatoms. The first-order valence-electron chi connectivity index (χ1n) is 8.88. The summed E-state index contributed by atoms with van der Waals surface area (Å²) in [6.07, 6.45) is 0. The molecule has 8 nitrogen and oxygen atoms in total. The predicted molar refractivity (Wildman–Crippen MR) is 116 cm³/mol. The van der Waals surface area contributed by atoms with Gasteiger partial charge < -0.3 is 15.4 Å². The summed E-state index contributed by atoms with van der Waals surface area (Å²) in [6, 6.07) is 12.7. The molecule has 0 radical (unpaired) electrons. The second-order valence-corrected chi connectivity index (χ2v) is 10.0. The van der Waals surface area contributed by atoms with Gasteiger partial charge in [-0.2, -0.15) is 0 Å². The number of methoxy groups -OCH3 is 1. The van der Waals surface area contributed by atoms with Crippen LogP contribution >= 0.6 is 23.4 Å². The molecule has 160 valence electrons. The van der Waals surface area contributed by atoms with Gasteiger partial charge in [-0.05, 0) is 42.5 Å². The monoisotopic (exact) mass is 469 g/mol. The van der Waals surface area contributed by atoms with E-state index in [9.17, 15) is 18.0 Å². The van der Waals surface area contributed by atoms with E-state index in [1.54, 1.807) is 37.4 Å². The van der Waals surface area contributed by atoms with Gasteiger partial charge in [0.15, 0.2) is 15.1 Å². The number of anilines is 1. The number of rotatable bonds is 7. The first-order valence-corrected chi connectivity index (χ1v) is 11.9. The van der Waals surface area contributed by atoms with E-state index in [0.717, 1.165) is 11.8 Å². The van der Waals surface area contributed by atoms with E-state index in [-0.39, 0.29) is 28.1 Å². The third-order valence-electron chi connectivity index (χ3n) is 4.31.